The Balaban J connectivity index is 1.47. The van der Waals surface area contributed by atoms with Crippen LogP contribution in [-0.4, -0.2) is 34.0 Å². The SMILES string of the molecule is O=C(Nc1ccccc1O)C1CCN(c2ccc([N+](=O)[O-])c(-c3ccccc3)n2)CC1. The molecule has 0 bridgehead atoms. The topological polar surface area (TPSA) is 109 Å². The number of hydrogen-bond donors (Lipinski definition) is 2. The number of benzene rings is 2. The van der Waals surface area contributed by atoms with E-state index in [1.54, 1.807) is 36.4 Å². The molecular formula is C23H22N4O4. The number of piperidine rings is 1. The van der Waals surface area contributed by atoms with Crippen molar-refractivity contribution in [2.45, 2.75) is 12.8 Å². The summed E-state index contributed by atoms with van der Waals surface area (Å²) < 4.78 is 0. The van der Waals surface area contributed by atoms with Crippen molar-refractivity contribution in [3.05, 3.63) is 76.8 Å². The van der Waals surface area contributed by atoms with Gasteiger partial charge in [0.2, 0.25) is 5.91 Å². The van der Waals surface area contributed by atoms with E-state index in [0.717, 1.165) is 0 Å². The van der Waals surface area contributed by atoms with Crippen molar-refractivity contribution in [3.8, 4) is 17.0 Å². The summed E-state index contributed by atoms with van der Waals surface area (Å²) in [5.41, 5.74) is 1.39. The molecule has 1 fully saturated rings. The quantitative estimate of drug-likeness (QED) is 0.365. The standard InChI is InChI=1S/C23H22N4O4/c28-20-9-5-4-8-18(20)24-23(29)17-12-14-26(15-13-17)21-11-10-19(27(30)31)22(25-21)16-6-2-1-3-7-16/h1-11,17,28H,12-15H2,(H,24,29). The fourth-order valence-electron chi connectivity index (χ4n) is 3.76. The molecule has 1 aliphatic heterocycles. The van der Waals surface area contributed by atoms with Crippen LogP contribution in [0.4, 0.5) is 17.2 Å². The Morgan fingerprint density at radius 2 is 1.71 bits per heavy atom. The maximum absolute atomic E-state index is 12.6. The van der Waals surface area contributed by atoms with Crippen molar-refractivity contribution in [3.63, 3.8) is 0 Å². The van der Waals surface area contributed by atoms with Crippen LogP contribution in [0, 0.1) is 16.0 Å². The Labute approximate surface area is 179 Å². The first-order chi connectivity index (χ1) is 15.0. The van der Waals surface area contributed by atoms with Crippen LogP contribution in [0.2, 0.25) is 0 Å². The van der Waals surface area contributed by atoms with Crippen LogP contribution in [0.25, 0.3) is 11.3 Å². The zero-order chi connectivity index (χ0) is 21.8. The maximum Gasteiger partial charge on any atom is 0.295 e. The van der Waals surface area contributed by atoms with Gasteiger partial charge in [-0.25, -0.2) is 4.98 Å². The van der Waals surface area contributed by atoms with Gasteiger partial charge in [0, 0.05) is 30.6 Å². The van der Waals surface area contributed by atoms with Gasteiger partial charge in [-0.15, -0.1) is 0 Å². The van der Waals surface area contributed by atoms with E-state index in [2.05, 4.69) is 10.3 Å². The normalized spacial score (nSPS) is 14.3. The molecule has 1 amide bonds. The number of anilines is 2. The van der Waals surface area contributed by atoms with Crippen molar-refractivity contribution in [2.75, 3.05) is 23.3 Å². The summed E-state index contributed by atoms with van der Waals surface area (Å²) in [5.74, 6) is 0.395. The molecule has 0 atom stereocenters. The molecule has 0 radical (unpaired) electrons. The van der Waals surface area contributed by atoms with E-state index in [9.17, 15) is 20.0 Å². The lowest BCUT2D eigenvalue weighted by molar-refractivity contribution is -0.384. The molecule has 3 aromatic rings. The molecule has 1 aromatic heterocycles. The van der Waals surface area contributed by atoms with Gasteiger partial charge in [-0.05, 0) is 31.0 Å². The van der Waals surface area contributed by atoms with Gasteiger partial charge in [0.25, 0.3) is 5.69 Å². The number of nitrogens with zero attached hydrogens (tertiary/aromatic N) is 3. The van der Waals surface area contributed by atoms with E-state index in [0.29, 0.717) is 48.7 Å². The number of pyridine rings is 1. The highest BCUT2D eigenvalue weighted by Gasteiger charge is 2.27. The number of aromatic hydroxyl groups is 1. The van der Waals surface area contributed by atoms with Gasteiger partial charge in [-0.2, -0.15) is 0 Å². The van der Waals surface area contributed by atoms with Crippen LogP contribution in [0.5, 0.6) is 5.75 Å². The lowest BCUT2D eigenvalue weighted by atomic mass is 9.95. The number of hydrogen-bond acceptors (Lipinski definition) is 6. The first-order valence-corrected chi connectivity index (χ1v) is 10.1. The second-order valence-electron chi connectivity index (χ2n) is 7.43. The second-order valence-corrected chi connectivity index (χ2v) is 7.43. The Morgan fingerprint density at radius 3 is 2.39 bits per heavy atom. The van der Waals surface area contributed by atoms with Gasteiger partial charge >= 0.3 is 0 Å². The Bertz CT molecular complexity index is 1100. The third-order valence-electron chi connectivity index (χ3n) is 5.45. The molecule has 2 aromatic carbocycles. The fourth-order valence-corrected chi connectivity index (χ4v) is 3.76. The molecule has 31 heavy (non-hydrogen) atoms. The molecule has 1 saturated heterocycles. The van der Waals surface area contributed by atoms with Crippen LogP contribution in [0.3, 0.4) is 0 Å². The van der Waals surface area contributed by atoms with E-state index >= 15 is 0 Å². The number of nitrogens with one attached hydrogen (secondary N) is 1. The zero-order valence-corrected chi connectivity index (χ0v) is 16.8. The smallest absolute Gasteiger partial charge is 0.295 e. The Kier molecular flexibility index (Phi) is 5.79. The molecule has 0 spiro atoms. The molecule has 2 N–H and O–H groups in total. The minimum absolute atomic E-state index is 0.0353. The predicted octanol–water partition coefficient (Wildman–Crippen LogP) is 4.22. The van der Waals surface area contributed by atoms with Crippen molar-refractivity contribution >= 4 is 23.1 Å². The number of phenols is 1. The summed E-state index contributed by atoms with van der Waals surface area (Å²) >= 11 is 0. The highest BCUT2D eigenvalue weighted by atomic mass is 16.6. The molecule has 0 unspecified atom stereocenters. The predicted molar refractivity (Wildman–Crippen MR) is 118 cm³/mol. The average molecular weight is 418 g/mol. The molecule has 4 rings (SSSR count). The molecule has 0 aliphatic carbocycles. The average Bonchev–Trinajstić information content (AvgIpc) is 2.81. The number of carbonyl (C=O) groups is 1. The van der Waals surface area contributed by atoms with Crippen molar-refractivity contribution in [1.29, 1.82) is 0 Å². The number of aromatic nitrogens is 1. The fraction of sp³-hybridized carbons (Fsp3) is 0.217. The minimum Gasteiger partial charge on any atom is -0.506 e. The van der Waals surface area contributed by atoms with Gasteiger partial charge in [0.05, 0.1) is 10.6 Å². The minimum atomic E-state index is -0.422. The number of nitro groups is 1. The van der Waals surface area contributed by atoms with Crippen LogP contribution in [0.15, 0.2) is 66.7 Å². The van der Waals surface area contributed by atoms with Crippen LogP contribution >= 0.6 is 0 Å². The van der Waals surface area contributed by atoms with Crippen LogP contribution in [-0.2, 0) is 4.79 Å². The largest absolute Gasteiger partial charge is 0.506 e. The number of phenolic OH excluding ortho intramolecular Hbond substituents is 1. The molecule has 158 valence electrons. The van der Waals surface area contributed by atoms with Crippen molar-refractivity contribution < 1.29 is 14.8 Å². The number of amides is 1. The third-order valence-corrected chi connectivity index (χ3v) is 5.45. The summed E-state index contributed by atoms with van der Waals surface area (Å²) in [6, 6.07) is 18.9. The van der Waals surface area contributed by atoms with E-state index in [1.165, 1.54) is 12.1 Å². The molecule has 8 heteroatoms. The summed E-state index contributed by atoms with van der Waals surface area (Å²) in [6.45, 7) is 1.22. The van der Waals surface area contributed by atoms with E-state index in [-0.39, 0.29) is 23.3 Å². The number of rotatable bonds is 5. The van der Waals surface area contributed by atoms with Gasteiger partial charge < -0.3 is 15.3 Å². The maximum atomic E-state index is 12.6. The van der Waals surface area contributed by atoms with Crippen molar-refractivity contribution in [2.24, 2.45) is 5.92 Å². The first kappa shape index (κ1) is 20.3. The summed E-state index contributed by atoms with van der Waals surface area (Å²) in [4.78, 5) is 30.3. The molecule has 1 aliphatic rings. The second kappa shape index (κ2) is 8.83. The van der Waals surface area contributed by atoms with Crippen molar-refractivity contribution in [1.82, 2.24) is 4.98 Å². The van der Waals surface area contributed by atoms with Gasteiger partial charge in [0.1, 0.15) is 11.6 Å². The van der Waals surface area contributed by atoms with Crippen LogP contribution < -0.4 is 10.2 Å². The lowest BCUT2D eigenvalue weighted by Crippen LogP contribution is -2.38. The Hall–Kier alpha value is -3.94. The molecule has 0 saturated carbocycles. The van der Waals surface area contributed by atoms with E-state index in [1.807, 2.05) is 23.1 Å². The van der Waals surface area contributed by atoms with Gasteiger partial charge in [-0.3, -0.25) is 14.9 Å². The monoisotopic (exact) mass is 418 g/mol. The number of carbonyl (C=O) groups excluding carboxylic acids is 1. The zero-order valence-electron chi connectivity index (χ0n) is 16.8. The molecule has 8 nitrogen and oxygen atoms in total. The highest BCUT2D eigenvalue weighted by Crippen LogP contribution is 2.32. The Morgan fingerprint density at radius 1 is 1.03 bits per heavy atom. The van der Waals surface area contributed by atoms with Crippen LogP contribution in [0.1, 0.15) is 12.8 Å². The number of para-hydroxylation sites is 2. The third kappa shape index (κ3) is 4.48. The molecule has 2 heterocycles. The van der Waals surface area contributed by atoms with Gasteiger partial charge in [0.15, 0.2) is 5.69 Å². The van der Waals surface area contributed by atoms with Gasteiger partial charge in [-0.1, -0.05) is 42.5 Å². The summed E-state index contributed by atoms with van der Waals surface area (Å²) in [6.07, 6.45) is 1.25. The lowest BCUT2D eigenvalue weighted by Gasteiger charge is -2.32. The van der Waals surface area contributed by atoms with E-state index < -0.39 is 4.92 Å². The molecular weight excluding hydrogens is 396 g/mol. The summed E-state index contributed by atoms with van der Waals surface area (Å²) in [7, 11) is 0. The summed E-state index contributed by atoms with van der Waals surface area (Å²) in [5, 5.41) is 24.1. The highest BCUT2D eigenvalue weighted by molar-refractivity contribution is 5.94. The first-order valence-electron chi connectivity index (χ1n) is 10.1. The van der Waals surface area contributed by atoms with E-state index in [4.69, 9.17) is 0 Å².